The summed E-state index contributed by atoms with van der Waals surface area (Å²) in [5.41, 5.74) is 5.57. The number of ether oxygens (including phenoxy) is 2. The van der Waals surface area contributed by atoms with Crippen LogP contribution in [0.2, 0.25) is 0 Å². The first-order valence-corrected chi connectivity index (χ1v) is 21.2. The van der Waals surface area contributed by atoms with Gasteiger partial charge in [0.2, 0.25) is 15.9 Å². The monoisotopic (exact) mass is 830 g/mol. The number of sulfonamides is 1. The van der Waals surface area contributed by atoms with Gasteiger partial charge in [-0.25, -0.2) is 13.1 Å². The van der Waals surface area contributed by atoms with E-state index in [-0.39, 0.29) is 47.5 Å². The zero-order valence-corrected chi connectivity index (χ0v) is 34.7. The van der Waals surface area contributed by atoms with E-state index in [1.54, 1.807) is 66.6 Å². The number of rotatable bonds is 14. The van der Waals surface area contributed by atoms with Crippen LogP contribution in [0.4, 0.5) is 17.1 Å². The molecule has 2 amide bonds. The summed E-state index contributed by atoms with van der Waals surface area (Å²) in [6, 6.07) is 28.7. The maximum atomic E-state index is 13.3. The van der Waals surface area contributed by atoms with Crippen LogP contribution in [0.25, 0.3) is 16.8 Å². The van der Waals surface area contributed by atoms with Crippen LogP contribution < -0.4 is 35.3 Å². The van der Waals surface area contributed by atoms with Gasteiger partial charge in [-0.15, -0.1) is 5.10 Å². The minimum absolute atomic E-state index is 0.0351. The first kappa shape index (κ1) is 41.2. The maximum Gasteiger partial charge on any atom is 0.254 e. The maximum absolute atomic E-state index is 13.3. The Balaban J connectivity index is 1.02. The molecule has 0 bridgehead atoms. The normalized spacial score (nSPS) is 14.8. The Kier molecular flexibility index (Phi) is 12.0. The third-order valence-electron chi connectivity index (χ3n) is 10.3. The lowest BCUT2D eigenvalue weighted by Crippen LogP contribution is -2.44. The van der Waals surface area contributed by atoms with Gasteiger partial charge in [-0.2, -0.15) is 0 Å². The minimum atomic E-state index is -3.59. The Hall–Kier alpha value is -6.94. The van der Waals surface area contributed by atoms with Crippen molar-refractivity contribution in [2.24, 2.45) is 7.05 Å². The Labute approximate surface area is 348 Å². The number of para-hydroxylation sites is 1. The van der Waals surface area contributed by atoms with Crippen LogP contribution in [0, 0.1) is 0 Å². The van der Waals surface area contributed by atoms with Gasteiger partial charge in [0.1, 0.15) is 22.9 Å². The summed E-state index contributed by atoms with van der Waals surface area (Å²) < 4.78 is 42.2. The highest BCUT2D eigenvalue weighted by molar-refractivity contribution is 7.92. The van der Waals surface area contributed by atoms with Crippen molar-refractivity contribution in [3.8, 4) is 34.1 Å². The number of hydrogen-bond donors (Lipinski definition) is 3. The molecule has 2 atom stereocenters. The Morgan fingerprint density at radius 3 is 2.40 bits per heavy atom. The number of anilines is 3. The van der Waals surface area contributed by atoms with Crippen molar-refractivity contribution in [2.75, 3.05) is 27.8 Å². The SMILES string of the molecule is CCC(=O)N1c2ccccc2[C@H](Nc2ccc(-n3cc(CNC(=O)c4cccc(Oc5ccc(NS(=O)(=O)CC)cc5-c5cn(C)c(=O)cc5OC)c4)nn3)cc2)C[C@@H]1C. The number of amides is 2. The van der Waals surface area contributed by atoms with Crippen molar-refractivity contribution in [3.63, 3.8) is 0 Å². The van der Waals surface area contributed by atoms with Crippen LogP contribution in [-0.2, 0) is 28.4 Å². The molecule has 0 fully saturated rings. The number of aryl methyl sites for hydroxylation is 1. The Bertz CT molecular complexity index is 2710. The van der Waals surface area contributed by atoms with Crippen LogP contribution in [0.15, 0.2) is 114 Å². The fraction of sp³-hybridized carbons (Fsp3) is 0.250. The molecule has 1 aliphatic heterocycles. The van der Waals surface area contributed by atoms with Crippen molar-refractivity contribution < 1.29 is 27.5 Å². The Morgan fingerprint density at radius 1 is 0.883 bits per heavy atom. The molecule has 2 aromatic heterocycles. The molecule has 0 unspecified atom stereocenters. The largest absolute Gasteiger partial charge is 0.496 e. The second-order valence-corrected chi connectivity index (χ2v) is 16.4. The number of carbonyl (C=O) groups is 2. The van der Waals surface area contributed by atoms with E-state index >= 15 is 0 Å². The molecule has 3 heterocycles. The molecule has 4 aromatic carbocycles. The number of hydrogen-bond acceptors (Lipinski definition) is 10. The van der Waals surface area contributed by atoms with Crippen LogP contribution >= 0.6 is 0 Å². The summed E-state index contributed by atoms with van der Waals surface area (Å²) >= 11 is 0. The first-order chi connectivity index (χ1) is 28.9. The van der Waals surface area contributed by atoms with Gasteiger partial charge in [0.25, 0.3) is 11.5 Å². The molecule has 16 heteroatoms. The molecular weight excluding hydrogens is 785 g/mol. The highest BCUT2D eigenvalue weighted by atomic mass is 32.2. The standard InChI is InChI=1S/C44H46N8O7S/c1-6-42(53)52-28(3)21-38(35-13-8-9-14-39(35)52)46-30-15-18-33(19-16-30)51-26-32(47-49-51)25-45-44(55)29-11-10-12-34(22-29)59-40-20-17-31(48-60(56,57)7-2)23-36(40)37-27-50(4)43(54)24-41(37)58-5/h8-20,22-24,26-28,38,46,48H,6-7,21,25H2,1-5H3,(H,45,55)/t28-,38+/m0/s1. The van der Waals surface area contributed by atoms with Crippen molar-refractivity contribution in [2.45, 2.75) is 52.2 Å². The Morgan fingerprint density at radius 2 is 1.65 bits per heavy atom. The molecule has 310 valence electrons. The van der Waals surface area contributed by atoms with Crippen LogP contribution in [0.3, 0.4) is 0 Å². The summed E-state index contributed by atoms with van der Waals surface area (Å²) in [7, 11) is -0.558. The highest BCUT2D eigenvalue weighted by Crippen LogP contribution is 2.41. The fourth-order valence-corrected chi connectivity index (χ4v) is 7.78. The van der Waals surface area contributed by atoms with Crippen LogP contribution in [0.1, 0.15) is 61.3 Å². The molecule has 3 N–H and O–H groups in total. The molecule has 1 aliphatic rings. The number of pyridine rings is 1. The fourth-order valence-electron chi connectivity index (χ4n) is 7.15. The summed E-state index contributed by atoms with van der Waals surface area (Å²) in [4.78, 5) is 40.4. The summed E-state index contributed by atoms with van der Waals surface area (Å²) in [5.74, 6) is 0.570. The van der Waals surface area contributed by atoms with E-state index in [1.165, 1.54) is 24.7 Å². The van der Waals surface area contributed by atoms with Crippen molar-refractivity contribution in [1.82, 2.24) is 24.9 Å². The highest BCUT2D eigenvalue weighted by Gasteiger charge is 2.33. The van der Waals surface area contributed by atoms with Gasteiger partial charge in [-0.1, -0.05) is 36.4 Å². The molecule has 60 heavy (non-hydrogen) atoms. The minimum Gasteiger partial charge on any atom is -0.496 e. The van der Waals surface area contributed by atoms with Crippen molar-refractivity contribution in [3.05, 3.63) is 137 Å². The molecular formula is C44H46N8O7S. The number of nitrogens with one attached hydrogen (secondary N) is 3. The van der Waals surface area contributed by atoms with Gasteiger partial charge >= 0.3 is 0 Å². The molecule has 0 saturated heterocycles. The number of aromatic nitrogens is 4. The number of carbonyl (C=O) groups excluding carboxylic acids is 2. The molecule has 15 nitrogen and oxygen atoms in total. The smallest absolute Gasteiger partial charge is 0.254 e. The van der Waals surface area contributed by atoms with Crippen LogP contribution in [0.5, 0.6) is 17.2 Å². The van der Waals surface area contributed by atoms with E-state index in [0.717, 1.165) is 29.0 Å². The summed E-state index contributed by atoms with van der Waals surface area (Å²) in [5, 5.41) is 15.1. The third-order valence-corrected chi connectivity index (χ3v) is 11.6. The zero-order valence-electron chi connectivity index (χ0n) is 33.9. The lowest BCUT2D eigenvalue weighted by Gasteiger charge is -2.40. The van der Waals surface area contributed by atoms with Gasteiger partial charge in [-0.3, -0.25) is 19.1 Å². The predicted molar refractivity (Wildman–Crippen MR) is 230 cm³/mol. The summed E-state index contributed by atoms with van der Waals surface area (Å²) in [6.45, 7) is 5.62. The topological polar surface area (TPSA) is 179 Å². The van der Waals surface area contributed by atoms with E-state index in [9.17, 15) is 22.8 Å². The van der Waals surface area contributed by atoms with Crippen molar-refractivity contribution >= 4 is 38.9 Å². The average molecular weight is 831 g/mol. The molecule has 0 aliphatic carbocycles. The molecule has 7 rings (SSSR count). The van der Waals surface area contributed by atoms with Gasteiger partial charge in [0.15, 0.2) is 0 Å². The zero-order chi connectivity index (χ0) is 42.6. The molecule has 6 aromatic rings. The van der Waals surface area contributed by atoms with Crippen LogP contribution in [-0.4, -0.2) is 58.7 Å². The van der Waals surface area contributed by atoms with E-state index in [1.807, 2.05) is 54.3 Å². The number of benzene rings is 4. The second-order valence-electron chi connectivity index (χ2n) is 14.4. The molecule has 0 radical (unpaired) electrons. The van der Waals surface area contributed by atoms with E-state index in [2.05, 4.69) is 38.7 Å². The van der Waals surface area contributed by atoms with E-state index in [4.69, 9.17) is 9.47 Å². The second kappa shape index (κ2) is 17.5. The predicted octanol–water partition coefficient (Wildman–Crippen LogP) is 6.81. The third kappa shape index (κ3) is 9.03. The van der Waals surface area contributed by atoms with Gasteiger partial charge < -0.3 is 29.6 Å². The number of methoxy groups -OCH3 is 1. The molecule has 0 spiro atoms. The molecule has 0 saturated carbocycles. The summed E-state index contributed by atoms with van der Waals surface area (Å²) in [6.07, 6.45) is 4.56. The van der Waals surface area contributed by atoms with Gasteiger partial charge in [-0.05, 0) is 92.6 Å². The lowest BCUT2D eigenvalue weighted by molar-refractivity contribution is -0.118. The van der Waals surface area contributed by atoms with Gasteiger partial charge in [0.05, 0.1) is 37.3 Å². The number of fused-ring (bicyclic) bond motifs is 1. The first-order valence-electron chi connectivity index (χ1n) is 19.5. The van der Waals surface area contributed by atoms with Gasteiger partial charge in [0, 0.05) is 65.5 Å². The quantitative estimate of drug-likeness (QED) is 0.106. The average Bonchev–Trinajstić information content (AvgIpc) is 3.73. The van der Waals surface area contributed by atoms with Crippen molar-refractivity contribution in [1.29, 1.82) is 0 Å². The van der Waals surface area contributed by atoms with E-state index < -0.39 is 10.0 Å². The van der Waals surface area contributed by atoms with E-state index in [0.29, 0.717) is 46.0 Å². The number of nitrogens with zero attached hydrogens (tertiary/aromatic N) is 5. The lowest BCUT2D eigenvalue weighted by atomic mass is 9.91.